The van der Waals surface area contributed by atoms with Gasteiger partial charge in [-0.15, -0.1) is 0 Å². The Labute approximate surface area is 213 Å². The van der Waals surface area contributed by atoms with E-state index >= 15 is 0 Å². The van der Waals surface area contributed by atoms with Crippen LogP contribution in [0.5, 0.6) is 11.5 Å². The Bertz CT molecular complexity index is 1330. The minimum atomic E-state index is -0.647. The van der Waals surface area contributed by atoms with Gasteiger partial charge in [0.25, 0.3) is 0 Å². The van der Waals surface area contributed by atoms with Crippen LogP contribution in [0.2, 0.25) is 0 Å². The third-order valence-electron chi connectivity index (χ3n) is 7.61. The van der Waals surface area contributed by atoms with Gasteiger partial charge in [0.05, 0.1) is 7.11 Å². The highest BCUT2D eigenvalue weighted by Crippen LogP contribution is 2.52. The van der Waals surface area contributed by atoms with E-state index in [1.807, 2.05) is 18.2 Å². The second-order valence-electron chi connectivity index (χ2n) is 10.4. The number of nitrogens with zero attached hydrogens (tertiary/aromatic N) is 1. The van der Waals surface area contributed by atoms with E-state index in [9.17, 15) is 4.79 Å². The van der Waals surface area contributed by atoms with E-state index in [4.69, 9.17) is 9.47 Å². The Kier molecular flexibility index (Phi) is 6.03. The smallest absolute Gasteiger partial charge is 0.223 e. The molecule has 5 heteroatoms. The molecule has 2 aliphatic rings. The molecule has 1 fully saturated rings. The fourth-order valence-electron chi connectivity index (χ4n) is 5.44. The molecule has 1 saturated heterocycles. The third kappa shape index (κ3) is 4.02. The minimum absolute atomic E-state index is 0.0749. The number of carbonyl (C=O) groups is 1. The molecule has 0 saturated carbocycles. The maximum absolute atomic E-state index is 12.7. The van der Waals surface area contributed by atoms with Crippen LogP contribution in [0, 0.1) is 13.8 Å². The van der Waals surface area contributed by atoms with Gasteiger partial charge in [0.15, 0.2) is 11.5 Å². The van der Waals surface area contributed by atoms with E-state index in [0.717, 1.165) is 11.1 Å². The number of ether oxygens (including phenoxy) is 2. The van der Waals surface area contributed by atoms with Crippen LogP contribution in [0.4, 0.5) is 5.69 Å². The van der Waals surface area contributed by atoms with E-state index in [0.29, 0.717) is 31.1 Å². The first-order chi connectivity index (χ1) is 17.2. The number of aryl methyl sites for hydroxylation is 2. The maximum Gasteiger partial charge on any atom is 0.223 e. The van der Waals surface area contributed by atoms with Crippen LogP contribution < -0.4 is 19.7 Å². The summed E-state index contributed by atoms with van der Waals surface area (Å²) < 4.78 is 11.7. The van der Waals surface area contributed by atoms with Crippen LogP contribution in [-0.2, 0) is 16.8 Å². The van der Waals surface area contributed by atoms with Gasteiger partial charge in [-0.05, 0) is 54.8 Å². The molecule has 2 aliphatic heterocycles. The van der Waals surface area contributed by atoms with Gasteiger partial charge in [-0.3, -0.25) is 4.79 Å². The van der Waals surface area contributed by atoms with E-state index in [1.165, 1.54) is 22.4 Å². The van der Waals surface area contributed by atoms with Crippen molar-refractivity contribution in [3.8, 4) is 11.5 Å². The molecule has 3 aromatic carbocycles. The van der Waals surface area contributed by atoms with Crippen LogP contribution in [-0.4, -0.2) is 25.2 Å². The SMILES string of the molecule is COc1cc(/C=C/[C@]23NC(=O)CCN2c2ccc(C)cc2C3(C)C)ccc1OCc1ccc(C)cc1. The Morgan fingerprint density at radius 1 is 0.972 bits per heavy atom. The topological polar surface area (TPSA) is 50.8 Å². The van der Waals surface area contributed by atoms with E-state index in [-0.39, 0.29) is 11.3 Å². The standard InChI is InChI=1S/C31H34N2O3/c1-21-6-9-24(10-7-21)20-36-27-13-11-23(19-28(27)35-5)14-16-31-30(3,4)25-18-22(2)8-12-26(25)33(31)17-15-29(34)32-31/h6-14,16,18-19H,15,17,20H2,1-5H3,(H,32,34)/b16-14+/t31-/m0/s1. The number of rotatable bonds is 6. The minimum Gasteiger partial charge on any atom is -0.493 e. The molecule has 1 amide bonds. The van der Waals surface area contributed by atoms with Crippen LogP contribution >= 0.6 is 0 Å². The molecule has 36 heavy (non-hydrogen) atoms. The number of carbonyl (C=O) groups excluding carboxylic acids is 1. The molecule has 2 heterocycles. The fraction of sp³-hybridized carbons (Fsp3) is 0.323. The third-order valence-corrected chi connectivity index (χ3v) is 7.61. The summed E-state index contributed by atoms with van der Waals surface area (Å²) in [6, 6.07) is 20.8. The zero-order chi connectivity index (χ0) is 25.5. The number of amides is 1. The van der Waals surface area contributed by atoms with Crippen molar-refractivity contribution in [2.75, 3.05) is 18.6 Å². The lowest BCUT2D eigenvalue weighted by molar-refractivity contribution is -0.124. The molecule has 0 unspecified atom stereocenters. The summed E-state index contributed by atoms with van der Waals surface area (Å²) in [5.74, 6) is 1.45. The van der Waals surface area contributed by atoms with Crippen molar-refractivity contribution in [2.45, 2.75) is 51.8 Å². The van der Waals surface area contributed by atoms with Crippen LogP contribution in [0.3, 0.4) is 0 Å². The van der Waals surface area contributed by atoms with E-state index in [1.54, 1.807) is 7.11 Å². The number of hydrogen-bond acceptors (Lipinski definition) is 4. The van der Waals surface area contributed by atoms with Gasteiger partial charge in [-0.1, -0.05) is 73.5 Å². The quantitative estimate of drug-likeness (QED) is 0.474. The average molecular weight is 483 g/mol. The molecule has 3 aromatic rings. The first kappa shape index (κ1) is 24.0. The summed E-state index contributed by atoms with van der Waals surface area (Å²) in [4.78, 5) is 15.0. The number of methoxy groups -OCH3 is 1. The first-order valence-electron chi connectivity index (χ1n) is 12.5. The van der Waals surface area contributed by atoms with Gasteiger partial charge in [0.1, 0.15) is 12.3 Å². The van der Waals surface area contributed by atoms with Gasteiger partial charge < -0.3 is 19.7 Å². The number of benzene rings is 3. The number of nitrogens with one attached hydrogen (secondary N) is 1. The van der Waals surface area contributed by atoms with Crippen LogP contribution in [0.15, 0.2) is 66.7 Å². The molecule has 5 nitrogen and oxygen atoms in total. The fourth-order valence-corrected chi connectivity index (χ4v) is 5.44. The highest BCUT2D eigenvalue weighted by atomic mass is 16.5. The molecule has 0 aromatic heterocycles. The summed E-state index contributed by atoms with van der Waals surface area (Å²) in [6.45, 7) is 9.77. The number of hydrogen-bond donors (Lipinski definition) is 1. The Morgan fingerprint density at radius 2 is 1.72 bits per heavy atom. The van der Waals surface area contributed by atoms with Crippen LogP contribution in [0.1, 0.15) is 48.1 Å². The summed E-state index contributed by atoms with van der Waals surface area (Å²) in [6.07, 6.45) is 4.70. The molecule has 0 spiro atoms. The molecule has 1 N–H and O–H groups in total. The van der Waals surface area contributed by atoms with Crippen molar-refractivity contribution in [3.63, 3.8) is 0 Å². The van der Waals surface area contributed by atoms with Gasteiger partial charge in [0, 0.05) is 24.1 Å². The zero-order valence-corrected chi connectivity index (χ0v) is 21.7. The highest BCUT2D eigenvalue weighted by molar-refractivity contribution is 5.84. The lowest BCUT2D eigenvalue weighted by Gasteiger charge is -2.49. The van der Waals surface area contributed by atoms with Crippen molar-refractivity contribution >= 4 is 17.7 Å². The van der Waals surface area contributed by atoms with Crippen molar-refractivity contribution in [1.82, 2.24) is 5.32 Å². The predicted molar refractivity (Wildman–Crippen MR) is 145 cm³/mol. The highest BCUT2D eigenvalue weighted by Gasteiger charge is 2.57. The zero-order valence-electron chi connectivity index (χ0n) is 21.7. The number of fused-ring (bicyclic) bond motifs is 3. The Hall–Kier alpha value is -3.73. The molecule has 186 valence electrons. The Morgan fingerprint density at radius 3 is 2.47 bits per heavy atom. The molecule has 0 radical (unpaired) electrons. The molecule has 1 atom stereocenters. The predicted octanol–water partition coefficient (Wildman–Crippen LogP) is 5.92. The van der Waals surface area contributed by atoms with Crippen LogP contribution in [0.25, 0.3) is 6.08 Å². The van der Waals surface area contributed by atoms with Gasteiger partial charge in [-0.25, -0.2) is 0 Å². The molecule has 0 bridgehead atoms. The average Bonchev–Trinajstić information content (AvgIpc) is 3.05. The monoisotopic (exact) mass is 482 g/mol. The molecule has 5 rings (SSSR count). The second-order valence-corrected chi connectivity index (χ2v) is 10.4. The van der Waals surface area contributed by atoms with Crippen molar-refractivity contribution < 1.29 is 14.3 Å². The van der Waals surface area contributed by atoms with Gasteiger partial charge in [0.2, 0.25) is 5.91 Å². The Balaban J connectivity index is 1.44. The van der Waals surface area contributed by atoms with Crippen molar-refractivity contribution in [1.29, 1.82) is 0 Å². The van der Waals surface area contributed by atoms with Gasteiger partial charge >= 0.3 is 0 Å². The summed E-state index contributed by atoms with van der Waals surface area (Å²) >= 11 is 0. The maximum atomic E-state index is 12.7. The molecular formula is C31H34N2O3. The van der Waals surface area contributed by atoms with Gasteiger partial charge in [-0.2, -0.15) is 0 Å². The molecule has 0 aliphatic carbocycles. The largest absolute Gasteiger partial charge is 0.493 e. The van der Waals surface area contributed by atoms with E-state index < -0.39 is 5.66 Å². The summed E-state index contributed by atoms with van der Waals surface area (Å²) in [5, 5.41) is 3.35. The lowest BCUT2D eigenvalue weighted by atomic mass is 9.74. The van der Waals surface area contributed by atoms with E-state index in [2.05, 4.69) is 92.5 Å². The summed E-state index contributed by atoms with van der Waals surface area (Å²) in [7, 11) is 1.66. The molecular weight excluding hydrogens is 448 g/mol. The summed E-state index contributed by atoms with van der Waals surface area (Å²) in [5.41, 5.74) is 6.01. The van der Waals surface area contributed by atoms with Crippen molar-refractivity contribution in [2.24, 2.45) is 0 Å². The normalized spacial score (nSPS) is 20.1. The second kappa shape index (κ2) is 9.05. The number of anilines is 1. The first-order valence-corrected chi connectivity index (χ1v) is 12.5. The lowest BCUT2D eigenvalue weighted by Crippen LogP contribution is -2.68. The van der Waals surface area contributed by atoms with Crippen molar-refractivity contribution in [3.05, 3.63) is 94.6 Å².